The van der Waals surface area contributed by atoms with E-state index in [0.29, 0.717) is 38.6 Å². The first-order valence-corrected chi connectivity index (χ1v) is 6.99. The zero-order chi connectivity index (χ0) is 13.9. The second kappa shape index (κ2) is 5.77. The summed E-state index contributed by atoms with van der Waals surface area (Å²) in [5.41, 5.74) is -1.16. The topological polar surface area (TPSA) is 78.9 Å². The Labute approximate surface area is 113 Å². The SMILES string of the molecule is CCCN(C(=O)NC1(C(=O)O)CCOCC1)C1CC1. The molecule has 1 aliphatic carbocycles. The molecule has 2 N–H and O–H groups in total. The van der Waals surface area contributed by atoms with E-state index in [2.05, 4.69) is 5.32 Å². The van der Waals surface area contributed by atoms with E-state index in [1.54, 1.807) is 4.90 Å². The van der Waals surface area contributed by atoms with Gasteiger partial charge >= 0.3 is 12.0 Å². The molecule has 0 atom stereocenters. The van der Waals surface area contributed by atoms with Crippen LogP contribution in [-0.2, 0) is 9.53 Å². The largest absolute Gasteiger partial charge is 0.480 e. The molecule has 0 aromatic heterocycles. The van der Waals surface area contributed by atoms with Crippen molar-refractivity contribution in [2.45, 2.75) is 50.6 Å². The Morgan fingerprint density at radius 3 is 2.47 bits per heavy atom. The number of rotatable bonds is 5. The number of ether oxygens (including phenoxy) is 1. The van der Waals surface area contributed by atoms with Gasteiger partial charge in [0.2, 0.25) is 0 Å². The summed E-state index contributed by atoms with van der Waals surface area (Å²) >= 11 is 0. The quantitative estimate of drug-likeness (QED) is 0.787. The van der Waals surface area contributed by atoms with Gasteiger partial charge in [-0.05, 0) is 19.3 Å². The highest BCUT2D eigenvalue weighted by Crippen LogP contribution is 2.28. The summed E-state index contributed by atoms with van der Waals surface area (Å²) in [6.45, 7) is 3.46. The average molecular weight is 270 g/mol. The van der Waals surface area contributed by atoms with Crippen LogP contribution >= 0.6 is 0 Å². The predicted octanol–water partition coefficient (Wildman–Crippen LogP) is 1.20. The van der Waals surface area contributed by atoms with Gasteiger partial charge < -0.3 is 20.1 Å². The summed E-state index contributed by atoms with van der Waals surface area (Å²) in [4.78, 5) is 25.6. The number of aliphatic carboxylic acids is 1. The molecule has 2 aliphatic rings. The molecule has 6 heteroatoms. The van der Waals surface area contributed by atoms with Gasteiger partial charge in [0.1, 0.15) is 5.54 Å². The van der Waals surface area contributed by atoms with E-state index in [-0.39, 0.29) is 6.03 Å². The summed E-state index contributed by atoms with van der Waals surface area (Å²) in [6, 6.07) is 0.0549. The Hall–Kier alpha value is -1.30. The normalized spacial score (nSPS) is 21.7. The predicted molar refractivity (Wildman–Crippen MR) is 69.0 cm³/mol. The average Bonchev–Trinajstić information content (AvgIpc) is 3.21. The summed E-state index contributed by atoms with van der Waals surface area (Å²) in [5.74, 6) is -0.962. The molecule has 0 aromatic carbocycles. The molecule has 0 unspecified atom stereocenters. The first-order valence-electron chi connectivity index (χ1n) is 6.99. The van der Waals surface area contributed by atoms with Crippen LogP contribution in [0.3, 0.4) is 0 Å². The Bertz CT molecular complexity index is 349. The molecule has 108 valence electrons. The summed E-state index contributed by atoms with van der Waals surface area (Å²) < 4.78 is 5.20. The van der Waals surface area contributed by atoms with E-state index in [0.717, 1.165) is 19.3 Å². The van der Waals surface area contributed by atoms with Crippen LogP contribution in [0.4, 0.5) is 4.79 Å². The third kappa shape index (κ3) is 3.18. The van der Waals surface area contributed by atoms with E-state index >= 15 is 0 Å². The highest BCUT2D eigenvalue weighted by molar-refractivity contribution is 5.86. The molecular weight excluding hydrogens is 248 g/mol. The second-order valence-electron chi connectivity index (χ2n) is 5.35. The molecule has 6 nitrogen and oxygen atoms in total. The van der Waals surface area contributed by atoms with Crippen molar-refractivity contribution in [3.63, 3.8) is 0 Å². The molecule has 0 aromatic rings. The Kier molecular flexibility index (Phi) is 4.29. The highest BCUT2D eigenvalue weighted by Gasteiger charge is 2.43. The third-order valence-electron chi connectivity index (χ3n) is 3.81. The van der Waals surface area contributed by atoms with Crippen molar-refractivity contribution in [2.75, 3.05) is 19.8 Å². The standard InChI is InChI=1S/C13H22N2O4/c1-2-7-15(10-3-4-10)12(18)14-13(11(16)17)5-8-19-9-6-13/h10H,2-9H2,1H3,(H,14,18)(H,16,17). The van der Waals surface area contributed by atoms with Gasteiger partial charge in [0.15, 0.2) is 0 Å². The fraction of sp³-hybridized carbons (Fsp3) is 0.846. The van der Waals surface area contributed by atoms with Gasteiger partial charge in [-0.1, -0.05) is 6.92 Å². The monoisotopic (exact) mass is 270 g/mol. The maximum Gasteiger partial charge on any atom is 0.329 e. The van der Waals surface area contributed by atoms with Crippen LogP contribution in [0.25, 0.3) is 0 Å². The van der Waals surface area contributed by atoms with Gasteiger partial charge in [-0.2, -0.15) is 0 Å². The van der Waals surface area contributed by atoms with Crippen LogP contribution < -0.4 is 5.32 Å². The lowest BCUT2D eigenvalue weighted by atomic mass is 9.90. The summed E-state index contributed by atoms with van der Waals surface area (Å²) in [6.07, 6.45) is 3.59. The Balaban J connectivity index is 2.03. The van der Waals surface area contributed by atoms with E-state index in [9.17, 15) is 14.7 Å². The fourth-order valence-electron chi connectivity index (χ4n) is 2.47. The smallest absolute Gasteiger partial charge is 0.329 e. The van der Waals surface area contributed by atoms with Crippen LogP contribution in [0.5, 0.6) is 0 Å². The number of amides is 2. The van der Waals surface area contributed by atoms with Gasteiger partial charge in [0, 0.05) is 38.6 Å². The minimum atomic E-state index is -1.16. The van der Waals surface area contributed by atoms with Crippen molar-refractivity contribution in [3.05, 3.63) is 0 Å². The number of carbonyl (C=O) groups excluding carboxylic acids is 1. The van der Waals surface area contributed by atoms with Crippen LogP contribution in [0, 0.1) is 0 Å². The summed E-state index contributed by atoms with van der Waals surface area (Å²) in [5, 5.41) is 12.2. The number of nitrogens with one attached hydrogen (secondary N) is 1. The van der Waals surface area contributed by atoms with E-state index in [4.69, 9.17) is 4.74 Å². The second-order valence-corrected chi connectivity index (χ2v) is 5.35. The number of hydrogen-bond acceptors (Lipinski definition) is 3. The van der Waals surface area contributed by atoms with Crippen molar-refractivity contribution in [1.82, 2.24) is 10.2 Å². The molecule has 2 rings (SSSR count). The number of carbonyl (C=O) groups is 2. The van der Waals surface area contributed by atoms with Crippen molar-refractivity contribution < 1.29 is 19.4 Å². The van der Waals surface area contributed by atoms with Crippen LogP contribution in [-0.4, -0.2) is 53.3 Å². The maximum absolute atomic E-state index is 12.3. The van der Waals surface area contributed by atoms with Crippen LogP contribution in [0.15, 0.2) is 0 Å². The molecule has 2 amide bonds. The molecule has 19 heavy (non-hydrogen) atoms. The minimum absolute atomic E-state index is 0.242. The lowest BCUT2D eigenvalue weighted by Gasteiger charge is -2.36. The maximum atomic E-state index is 12.3. The first-order chi connectivity index (χ1) is 9.09. The van der Waals surface area contributed by atoms with Gasteiger partial charge in [-0.15, -0.1) is 0 Å². The lowest BCUT2D eigenvalue weighted by molar-refractivity contribution is -0.148. The molecule has 1 heterocycles. The number of hydrogen-bond donors (Lipinski definition) is 2. The van der Waals surface area contributed by atoms with E-state index in [1.807, 2.05) is 6.92 Å². The number of carboxylic acid groups (broad SMARTS) is 1. The van der Waals surface area contributed by atoms with Crippen molar-refractivity contribution in [3.8, 4) is 0 Å². The van der Waals surface area contributed by atoms with E-state index in [1.165, 1.54) is 0 Å². The molecular formula is C13H22N2O4. The minimum Gasteiger partial charge on any atom is -0.480 e. The number of carboxylic acids is 1. The molecule has 2 fully saturated rings. The van der Waals surface area contributed by atoms with Crippen LogP contribution in [0.2, 0.25) is 0 Å². The van der Waals surface area contributed by atoms with Crippen molar-refractivity contribution >= 4 is 12.0 Å². The molecule has 1 saturated carbocycles. The fourth-order valence-corrected chi connectivity index (χ4v) is 2.47. The zero-order valence-corrected chi connectivity index (χ0v) is 11.4. The third-order valence-corrected chi connectivity index (χ3v) is 3.81. The van der Waals surface area contributed by atoms with E-state index < -0.39 is 11.5 Å². The number of nitrogens with zero attached hydrogens (tertiary/aromatic N) is 1. The first kappa shape index (κ1) is 14.1. The van der Waals surface area contributed by atoms with Crippen molar-refractivity contribution in [1.29, 1.82) is 0 Å². The molecule has 1 aliphatic heterocycles. The molecule has 0 spiro atoms. The lowest BCUT2D eigenvalue weighted by Crippen LogP contribution is -2.60. The van der Waals surface area contributed by atoms with Gasteiger partial charge in [-0.25, -0.2) is 9.59 Å². The highest BCUT2D eigenvalue weighted by atomic mass is 16.5. The summed E-state index contributed by atoms with van der Waals surface area (Å²) in [7, 11) is 0. The molecule has 1 saturated heterocycles. The van der Waals surface area contributed by atoms with Crippen LogP contribution in [0.1, 0.15) is 39.0 Å². The van der Waals surface area contributed by atoms with Gasteiger partial charge in [0.05, 0.1) is 0 Å². The van der Waals surface area contributed by atoms with Gasteiger partial charge in [0.25, 0.3) is 0 Å². The van der Waals surface area contributed by atoms with Crippen molar-refractivity contribution in [2.24, 2.45) is 0 Å². The Morgan fingerprint density at radius 1 is 1.37 bits per heavy atom. The zero-order valence-electron chi connectivity index (χ0n) is 11.4. The molecule has 0 bridgehead atoms. The Morgan fingerprint density at radius 2 is 2.00 bits per heavy atom. The van der Waals surface area contributed by atoms with Gasteiger partial charge in [-0.3, -0.25) is 0 Å². The number of urea groups is 1. The molecule has 0 radical (unpaired) electrons.